The SMILES string of the molecule is CCOc1cccc(C(=O)Nc2c(C(=O)c3ccc(C)c(F)c3)oc3ccccc23)c1. The molecule has 5 nitrogen and oxygen atoms in total. The number of para-hydroxylation sites is 1. The number of ketones is 1. The van der Waals surface area contributed by atoms with Gasteiger partial charge in [0.15, 0.2) is 5.76 Å². The van der Waals surface area contributed by atoms with E-state index >= 15 is 0 Å². The average Bonchev–Trinajstić information content (AvgIpc) is 3.14. The fourth-order valence-electron chi connectivity index (χ4n) is 3.27. The molecule has 0 radical (unpaired) electrons. The summed E-state index contributed by atoms with van der Waals surface area (Å²) in [6, 6.07) is 18.0. The van der Waals surface area contributed by atoms with E-state index < -0.39 is 17.5 Å². The number of halogens is 1. The summed E-state index contributed by atoms with van der Waals surface area (Å²) in [5.41, 5.74) is 1.63. The van der Waals surface area contributed by atoms with Crippen LogP contribution in [0, 0.1) is 12.7 Å². The molecule has 0 fully saturated rings. The van der Waals surface area contributed by atoms with Gasteiger partial charge in [0.25, 0.3) is 5.91 Å². The van der Waals surface area contributed by atoms with Crippen molar-refractivity contribution in [2.75, 3.05) is 11.9 Å². The summed E-state index contributed by atoms with van der Waals surface area (Å²) in [7, 11) is 0. The number of aryl methyl sites for hydroxylation is 1. The molecule has 1 amide bonds. The summed E-state index contributed by atoms with van der Waals surface area (Å²) in [6.07, 6.45) is 0. The largest absolute Gasteiger partial charge is 0.494 e. The topological polar surface area (TPSA) is 68.5 Å². The second-order valence-corrected chi connectivity index (χ2v) is 7.01. The molecule has 0 saturated carbocycles. The van der Waals surface area contributed by atoms with Crippen molar-refractivity contribution >= 4 is 28.3 Å². The molecule has 1 N–H and O–H groups in total. The van der Waals surface area contributed by atoms with Crippen LogP contribution >= 0.6 is 0 Å². The van der Waals surface area contributed by atoms with Crippen molar-refractivity contribution in [3.8, 4) is 5.75 Å². The normalized spacial score (nSPS) is 10.8. The number of hydrogen-bond acceptors (Lipinski definition) is 4. The van der Waals surface area contributed by atoms with Crippen molar-refractivity contribution in [2.24, 2.45) is 0 Å². The lowest BCUT2D eigenvalue weighted by Gasteiger charge is -2.08. The molecule has 1 heterocycles. The Bertz CT molecular complexity index is 1290. The van der Waals surface area contributed by atoms with Gasteiger partial charge in [0.2, 0.25) is 5.78 Å². The lowest BCUT2D eigenvalue weighted by Crippen LogP contribution is -2.14. The van der Waals surface area contributed by atoms with E-state index in [1.165, 1.54) is 18.2 Å². The maximum atomic E-state index is 14.0. The number of benzene rings is 3. The predicted molar refractivity (Wildman–Crippen MR) is 116 cm³/mol. The second kappa shape index (κ2) is 8.44. The summed E-state index contributed by atoms with van der Waals surface area (Å²) >= 11 is 0. The van der Waals surface area contributed by atoms with E-state index in [0.717, 1.165) is 0 Å². The third kappa shape index (κ3) is 4.05. The highest BCUT2D eigenvalue weighted by molar-refractivity contribution is 6.18. The average molecular weight is 417 g/mol. The number of ether oxygens (including phenoxy) is 1. The zero-order valence-electron chi connectivity index (χ0n) is 17.1. The van der Waals surface area contributed by atoms with Crippen LogP contribution in [0.1, 0.15) is 39.0 Å². The third-order valence-corrected chi connectivity index (χ3v) is 4.88. The van der Waals surface area contributed by atoms with Gasteiger partial charge in [0, 0.05) is 16.5 Å². The number of rotatable bonds is 6. The zero-order valence-corrected chi connectivity index (χ0v) is 17.1. The highest BCUT2D eigenvalue weighted by atomic mass is 19.1. The van der Waals surface area contributed by atoms with Gasteiger partial charge in [0.05, 0.1) is 12.3 Å². The van der Waals surface area contributed by atoms with Gasteiger partial charge in [-0.15, -0.1) is 0 Å². The van der Waals surface area contributed by atoms with Crippen molar-refractivity contribution < 1.29 is 23.1 Å². The minimum atomic E-state index is -0.520. The number of fused-ring (bicyclic) bond motifs is 1. The fraction of sp³-hybridized carbons (Fsp3) is 0.120. The van der Waals surface area contributed by atoms with Crippen LogP contribution in [0.15, 0.2) is 71.1 Å². The van der Waals surface area contributed by atoms with Crippen molar-refractivity contribution in [2.45, 2.75) is 13.8 Å². The Morgan fingerprint density at radius 1 is 1.00 bits per heavy atom. The molecule has 156 valence electrons. The Morgan fingerprint density at radius 2 is 1.81 bits per heavy atom. The Hall–Kier alpha value is -3.93. The molecule has 1 aromatic heterocycles. The number of nitrogens with one attached hydrogen (secondary N) is 1. The Balaban J connectivity index is 1.75. The van der Waals surface area contributed by atoms with Gasteiger partial charge in [-0.05, 0) is 55.8 Å². The van der Waals surface area contributed by atoms with Gasteiger partial charge in [-0.2, -0.15) is 0 Å². The lowest BCUT2D eigenvalue weighted by molar-refractivity contribution is 0.101. The number of anilines is 1. The first-order chi connectivity index (χ1) is 15.0. The Kier molecular flexibility index (Phi) is 5.54. The van der Waals surface area contributed by atoms with Crippen LogP contribution in [0.5, 0.6) is 5.75 Å². The third-order valence-electron chi connectivity index (χ3n) is 4.88. The molecule has 4 aromatic rings. The Morgan fingerprint density at radius 3 is 2.58 bits per heavy atom. The quantitative estimate of drug-likeness (QED) is 0.405. The first-order valence-electron chi connectivity index (χ1n) is 9.84. The molecule has 0 atom stereocenters. The molecule has 0 bridgehead atoms. The highest BCUT2D eigenvalue weighted by Gasteiger charge is 2.24. The van der Waals surface area contributed by atoms with Crippen LogP contribution in [0.2, 0.25) is 0 Å². The van der Waals surface area contributed by atoms with Gasteiger partial charge in [0.1, 0.15) is 17.1 Å². The minimum absolute atomic E-state index is 0.0567. The van der Waals surface area contributed by atoms with Crippen LogP contribution in [0.3, 0.4) is 0 Å². The predicted octanol–water partition coefficient (Wildman–Crippen LogP) is 5.76. The summed E-state index contributed by atoms with van der Waals surface area (Å²) in [6.45, 7) is 3.95. The summed E-state index contributed by atoms with van der Waals surface area (Å²) in [5, 5.41) is 3.37. The molecule has 3 aromatic carbocycles. The molecule has 0 saturated heterocycles. The molecule has 0 spiro atoms. The van der Waals surface area contributed by atoms with Crippen LogP contribution in [-0.2, 0) is 0 Å². The molecule has 0 aliphatic carbocycles. The molecular formula is C25H20FNO4. The number of furan rings is 1. The number of carbonyl (C=O) groups is 2. The number of hydrogen-bond donors (Lipinski definition) is 1. The van der Waals surface area contributed by atoms with E-state index in [9.17, 15) is 14.0 Å². The van der Waals surface area contributed by atoms with E-state index in [1.807, 2.05) is 6.92 Å². The van der Waals surface area contributed by atoms with Crippen LogP contribution in [0.25, 0.3) is 11.0 Å². The van der Waals surface area contributed by atoms with Gasteiger partial charge in [-0.1, -0.05) is 30.3 Å². The monoisotopic (exact) mass is 417 g/mol. The Labute approximate surface area is 178 Å². The fourth-order valence-corrected chi connectivity index (χ4v) is 3.27. The van der Waals surface area contributed by atoms with Crippen molar-refractivity contribution in [1.29, 1.82) is 0 Å². The maximum absolute atomic E-state index is 14.0. The summed E-state index contributed by atoms with van der Waals surface area (Å²) in [5.74, 6) is -0.914. The zero-order chi connectivity index (χ0) is 22.0. The van der Waals surface area contributed by atoms with Gasteiger partial charge < -0.3 is 14.5 Å². The van der Waals surface area contributed by atoms with E-state index in [2.05, 4.69) is 5.32 Å². The number of amides is 1. The second-order valence-electron chi connectivity index (χ2n) is 7.01. The summed E-state index contributed by atoms with van der Waals surface area (Å²) in [4.78, 5) is 26.1. The molecule has 0 aliphatic rings. The molecule has 6 heteroatoms. The lowest BCUT2D eigenvalue weighted by atomic mass is 10.0. The first-order valence-corrected chi connectivity index (χ1v) is 9.84. The molecule has 31 heavy (non-hydrogen) atoms. The van der Waals surface area contributed by atoms with Crippen LogP contribution in [0.4, 0.5) is 10.1 Å². The molecule has 0 unspecified atom stereocenters. The first kappa shape index (κ1) is 20.3. The van der Waals surface area contributed by atoms with E-state index in [0.29, 0.717) is 34.5 Å². The van der Waals surface area contributed by atoms with E-state index in [1.54, 1.807) is 55.5 Å². The van der Waals surface area contributed by atoms with Crippen LogP contribution in [-0.4, -0.2) is 18.3 Å². The highest BCUT2D eigenvalue weighted by Crippen LogP contribution is 2.33. The molecule has 0 aliphatic heterocycles. The number of carbonyl (C=O) groups excluding carboxylic acids is 2. The van der Waals surface area contributed by atoms with Crippen molar-refractivity contribution in [3.63, 3.8) is 0 Å². The molecule has 4 rings (SSSR count). The summed E-state index contributed by atoms with van der Waals surface area (Å²) < 4.78 is 25.3. The smallest absolute Gasteiger partial charge is 0.255 e. The molecular weight excluding hydrogens is 397 g/mol. The maximum Gasteiger partial charge on any atom is 0.255 e. The van der Waals surface area contributed by atoms with Gasteiger partial charge in [-0.25, -0.2) is 4.39 Å². The van der Waals surface area contributed by atoms with Crippen LogP contribution < -0.4 is 10.1 Å². The minimum Gasteiger partial charge on any atom is -0.494 e. The van der Waals surface area contributed by atoms with Gasteiger partial charge >= 0.3 is 0 Å². The standard InChI is InChI=1S/C25H20FNO4/c1-3-30-18-8-6-7-17(13-18)25(29)27-22-19-9-4-5-10-21(19)31-24(22)23(28)16-12-11-15(2)20(26)14-16/h4-14H,3H2,1-2H3,(H,27,29). The van der Waals surface area contributed by atoms with E-state index in [4.69, 9.17) is 9.15 Å². The van der Waals surface area contributed by atoms with E-state index in [-0.39, 0.29) is 17.0 Å². The van der Waals surface area contributed by atoms with Crippen molar-refractivity contribution in [3.05, 3.63) is 95.0 Å². The van der Waals surface area contributed by atoms with Crippen molar-refractivity contribution in [1.82, 2.24) is 0 Å². The van der Waals surface area contributed by atoms with Gasteiger partial charge in [-0.3, -0.25) is 9.59 Å².